The average molecular weight is 273 g/mol. The summed E-state index contributed by atoms with van der Waals surface area (Å²) in [5.74, 6) is -0.916. The molecule has 110 valence electrons. The predicted molar refractivity (Wildman–Crippen MR) is 70.7 cm³/mol. The van der Waals surface area contributed by atoms with Crippen molar-refractivity contribution >= 4 is 17.9 Å². The highest BCUT2D eigenvalue weighted by Gasteiger charge is 2.16. The van der Waals surface area contributed by atoms with Crippen LogP contribution in [0.4, 0.5) is 4.79 Å². The Morgan fingerprint density at radius 3 is 2.26 bits per heavy atom. The molecular formula is C12H23N3O4. The van der Waals surface area contributed by atoms with E-state index in [0.29, 0.717) is 5.92 Å². The van der Waals surface area contributed by atoms with Crippen molar-refractivity contribution < 1.29 is 19.5 Å². The maximum absolute atomic E-state index is 11.4. The molecule has 19 heavy (non-hydrogen) atoms. The van der Waals surface area contributed by atoms with Crippen LogP contribution in [0, 0.1) is 11.8 Å². The third-order valence-electron chi connectivity index (χ3n) is 2.51. The second kappa shape index (κ2) is 9.18. The van der Waals surface area contributed by atoms with Gasteiger partial charge in [0.25, 0.3) is 0 Å². The normalized spacial score (nSPS) is 11.8. The van der Waals surface area contributed by atoms with E-state index in [0.717, 1.165) is 6.42 Å². The summed E-state index contributed by atoms with van der Waals surface area (Å²) in [6.07, 6.45) is 0.746. The van der Waals surface area contributed by atoms with E-state index < -0.39 is 12.0 Å². The molecule has 0 aromatic rings. The first-order valence-electron chi connectivity index (χ1n) is 6.29. The summed E-state index contributed by atoms with van der Waals surface area (Å²) in [7, 11) is 1.48. The summed E-state index contributed by atoms with van der Waals surface area (Å²) in [5, 5.41) is 16.1. The van der Waals surface area contributed by atoms with E-state index in [1.807, 2.05) is 13.8 Å². The van der Waals surface area contributed by atoms with Gasteiger partial charge >= 0.3 is 12.0 Å². The number of amides is 3. The van der Waals surface area contributed by atoms with Crippen LogP contribution < -0.4 is 16.0 Å². The summed E-state index contributed by atoms with van der Waals surface area (Å²) in [6.45, 7) is 4.18. The van der Waals surface area contributed by atoms with Crippen LogP contribution in [0.2, 0.25) is 0 Å². The molecule has 0 heterocycles. The molecule has 7 nitrogen and oxygen atoms in total. The lowest BCUT2D eigenvalue weighted by atomic mass is 9.94. The minimum absolute atomic E-state index is 0.0217. The van der Waals surface area contributed by atoms with Crippen molar-refractivity contribution in [3.8, 4) is 0 Å². The second-order valence-corrected chi connectivity index (χ2v) is 4.83. The zero-order chi connectivity index (χ0) is 14.8. The maximum atomic E-state index is 11.4. The van der Waals surface area contributed by atoms with Gasteiger partial charge in [-0.2, -0.15) is 0 Å². The molecule has 0 aliphatic carbocycles. The highest BCUT2D eigenvalue weighted by atomic mass is 16.4. The van der Waals surface area contributed by atoms with Crippen LogP contribution in [0.3, 0.4) is 0 Å². The van der Waals surface area contributed by atoms with Gasteiger partial charge in [-0.1, -0.05) is 13.8 Å². The first kappa shape index (κ1) is 17.2. The van der Waals surface area contributed by atoms with E-state index >= 15 is 0 Å². The van der Waals surface area contributed by atoms with Crippen LogP contribution in [-0.2, 0) is 9.59 Å². The van der Waals surface area contributed by atoms with Gasteiger partial charge in [-0.15, -0.1) is 0 Å². The highest BCUT2D eigenvalue weighted by molar-refractivity contribution is 5.83. The number of likely N-dealkylation sites (N-methyl/N-ethyl adjacent to an activating group) is 1. The molecule has 1 unspecified atom stereocenters. The number of hydrogen-bond donors (Lipinski definition) is 4. The van der Waals surface area contributed by atoms with Crippen molar-refractivity contribution in [3.63, 3.8) is 0 Å². The maximum Gasteiger partial charge on any atom is 0.315 e. The molecule has 3 amide bonds. The lowest BCUT2D eigenvalue weighted by Gasteiger charge is -2.17. The van der Waals surface area contributed by atoms with Gasteiger partial charge in [-0.3, -0.25) is 9.59 Å². The van der Waals surface area contributed by atoms with E-state index in [4.69, 9.17) is 5.11 Å². The zero-order valence-corrected chi connectivity index (χ0v) is 11.7. The van der Waals surface area contributed by atoms with Crippen LogP contribution in [0.15, 0.2) is 0 Å². The van der Waals surface area contributed by atoms with E-state index in [-0.39, 0.29) is 31.3 Å². The molecule has 0 spiro atoms. The lowest BCUT2D eigenvalue weighted by Crippen LogP contribution is -2.43. The average Bonchev–Trinajstić information content (AvgIpc) is 2.31. The van der Waals surface area contributed by atoms with Gasteiger partial charge in [0.2, 0.25) is 5.91 Å². The number of hydrogen-bond acceptors (Lipinski definition) is 3. The third kappa shape index (κ3) is 9.87. The Morgan fingerprint density at radius 2 is 1.79 bits per heavy atom. The van der Waals surface area contributed by atoms with E-state index in [2.05, 4.69) is 16.0 Å². The fraction of sp³-hybridized carbons (Fsp3) is 0.750. The van der Waals surface area contributed by atoms with Gasteiger partial charge in [0.05, 0.1) is 6.54 Å². The number of carboxylic acid groups (broad SMARTS) is 1. The van der Waals surface area contributed by atoms with Gasteiger partial charge in [0.1, 0.15) is 0 Å². The van der Waals surface area contributed by atoms with Gasteiger partial charge in [0, 0.05) is 20.0 Å². The summed E-state index contributed by atoms with van der Waals surface area (Å²) in [6, 6.07) is -0.470. The Morgan fingerprint density at radius 1 is 1.16 bits per heavy atom. The molecule has 0 bridgehead atoms. The van der Waals surface area contributed by atoms with Crippen molar-refractivity contribution in [1.82, 2.24) is 16.0 Å². The Hall–Kier alpha value is -1.79. The molecule has 0 aliphatic rings. The Bertz CT molecular complexity index is 318. The van der Waals surface area contributed by atoms with E-state index in [9.17, 15) is 14.4 Å². The number of urea groups is 1. The molecule has 7 heteroatoms. The van der Waals surface area contributed by atoms with E-state index in [1.165, 1.54) is 7.05 Å². The van der Waals surface area contributed by atoms with Crippen molar-refractivity contribution in [2.24, 2.45) is 11.8 Å². The van der Waals surface area contributed by atoms with Gasteiger partial charge in [-0.25, -0.2) is 4.79 Å². The standard InChI is InChI=1S/C12H23N3O4/c1-8(2)4-9(5-11(17)18)6-14-12(19)15-7-10(16)13-3/h8-9H,4-7H2,1-3H3,(H,13,16)(H,17,18)(H2,14,15,19). The van der Waals surface area contributed by atoms with Crippen molar-refractivity contribution in [2.45, 2.75) is 26.7 Å². The number of carbonyl (C=O) groups is 3. The monoisotopic (exact) mass is 273 g/mol. The molecule has 4 N–H and O–H groups in total. The summed E-state index contributed by atoms with van der Waals surface area (Å²) in [5.41, 5.74) is 0. The molecule has 0 radical (unpaired) electrons. The molecule has 0 aromatic heterocycles. The highest BCUT2D eigenvalue weighted by Crippen LogP contribution is 2.14. The fourth-order valence-corrected chi connectivity index (χ4v) is 1.70. The SMILES string of the molecule is CNC(=O)CNC(=O)NCC(CC(=O)O)CC(C)C. The Labute approximate surface area is 113 Å². The van der Waals surface area contributed by atoms with Crippen molar-refractivity contribution in [2.75, 3.05) is 20.1 Å². The van der Waals surface area contributed by atoms with Crippen molar-refractivity contribution in [1.29, 1.82) is 0 Å². The van der Waals surface area contributed by atoms with Crippen LogP contribution in [0.1, 0.15) is 26.7 Å². The lowest BCUT2D eigenvalue weighted by molar-refractivity contribution is -0.138. The number of carboxylic acids is 1. The molecule has 0 rings (SSSR count). The Kier molecular flexibility index (Phi) is 8.32. The molecule has 0 aromatic carbocycles. The zero-order valence-electron chi connectivity index (χ0n) is 11.7. The first-order chi connectivity index (χ1) is 8.85. The number of carbonyl (C=O) groups excluding carboxylic acids is 2. The quantitative estimate of drug-likeness (QED) is 0.505. The molecule has 0 saturated carbocycles. The number of nitrogens with one attached hydrogen (secondary N) is 3. The van der Waals surface area contributed by atoms with E-state index in [1.54, 1.807) is 0 Å². The third-order valence-corrected chi connectivity index (χ3v) is 2.51. The van der Waals surface area contributed by atoms with Crippen LogP contribution in [0.25, 0.3) is 0 Å². The van der Waals surface area contributed by atoms with Crippen LogP contribution in [-0.4, -0.2) is 43.2 Å². The molecular weight excluding hydrogens is 250 g/mol. The van der Waals surface area contributed by atoms with Gasteiger partial charge < -0.3 is 21.1 Å². The van der Waals surface area contributed by atoms with Crippen molar-refractivity contribution in [3.05, 3.63) is 0 Å². The Balaban J connectivity index is 4.04. The smallest absolute Gasteiger partial charge is 0.315 e. The molecule has 0 aliphatic heterocycles. The summed E-state index contributed by atoms with van der Waals surface area (Å²) >= 11 is 0. The van der Waals surface area contributed by atoms with Crippen LogP contribution in [0.5, 0.6) is 0 Å². The van der Waals surface area contributed by atoms with Gasteiger partial charge in [0.15, 0.2) is 0 Å². The number of rotatable bonds is 8. The summed E-state index contributed by atoms with van der Waals surface area (Å²) < 4.78 is 0. The number of aliphatic carboxylic acids is 1. The minimum atomic E-state index is -0.877. The topological polar surface area (TPSA) is 108 Å². The first-order valence-corrected chi connectivity index (χ1v) is 6.29. The fourth-order valence-electron chi connectivity index (χ4n) is 1.70. The largest absolute Gasteiger partial charge is 0.481 e. The second-order valence-electron chi connectivity index (χ2n) is 4.83. The summed E-state index contributed by atoms with van der Waals surface area (Å²) in [4.78, 5) is 33.0. The minimum Gasteiger partial charge on any atom is -0.481 e. The molecule has 0 saturated heterocycles. The van der Waals surface area contributed by atoms with Crippen LogP contribution >= 0.6 is 0 Å². The molecule has 1 atom stereocenters. The van der Waals surface area contributed by atoms with Gasteiger partial charge in [-0.05, 0) is 18.3 Å². The predicted octanol–water partition coefficient (Wildman–Crippen LogP) is 0.169. The molecule has 0 fully saturated rings.